The molecule has 0 saturated carbocycles. The number of rotatable bonds is 6. The lowest BCUT2D eigenvalue weighted by atomic mass is 10.0. The number of halogens is 1. The molecule has 1 amide bonds. The van der Waals surface area contributed by atoms with Crippen LogP contribution in [0.5, 0.6) is 11.6 Å². The van der Waals surface area contributed by atoms with Gasteiger partial charge >= 0.3 is 0 Å². The molecular formula is C24H21ClN4O2. The minimum atomic E-state index is -0.193. The van der Waals surface area contributed by atoms with Gasteiger partial charge in [0.1, 0.15) is 5.75 Å². The molecule has 0 aliphatic rings. The van der Waals surface area contributed by atoms with Gasteiger partial charge in [-0.05, 0) is 73.2 Å². The van der Waals surface area contributed by atoms with Gasteiger partial charge in [-0.1, -0.05) is 23.7 Å². The number of benzene rings is 3. The van der Waals surface area contributed by atoms with E-state index in [-0.39, 0.29) is 11.9 Å². The largest absolute Gasteiger partial charge is 0.439 e. The molecule has 0 bridgehead atoms. The maximum Gasteiger partial charge on any atom is 0.256 e. The van der Waals surface area contributed by atoms with Crippen LogP contribution in [0.25, 0.3) is 10.8 Å². The number of ether oxygens (including phenoxy) is 1. The highest BCUT2D eigenvalue weighted by Gasteiger charge is 2.12. The van der Waals surface area contributed by atoms with E-state index in [2.05, 4.69) is 20.6 Å². The van der Waals surface area contributed by atoms with E-state index in [4.69, 9.17) is 16.3 Å². The summed E-state index contributed by atoms with van der Waals surface area (Å²) in [6, 6.07) is 20.1. The van der Waals surface area contributed by atoms with Crippen molar-refractivity contribution in [1.29, 1.82) is 0 Å². The molecule has 0 atom stereocenters. The van der Waals surface area contributed by atoms with Gasteiger partial charge in [-0.15, -0.1) is 0 Å². The fraction of sp³-hybridized carbons (Fsp3) is 0.125. The Morgan fingerprint density at radius 2 is 1.84 bits per heavy atom. The number of amides is 1. The van der Waals surface area contributed by atoms with Crippen LogP contribution in [0.1, 0.15) is 24.2 Å². The molecule has 0 radical (unpaired) electrons. The number of nitrogens with one attached hydrogen (secondary N) is 2. The first-order valence-electron chi connectivity index (χ1n) is 9.85. The molecule has 0 aliphatic carbocycles. The van der Waals surface area contributed by atoms with Crippen LogP contribution in [0, 0.1) is 0 Å². The first kappa shape index (κ1) is 20.6. The molecule has 0 saturated heterocycles. The summed E-state index contributed by atoms with van der Waals surface area (Å²) in [6.45, 7) is 4.03. The molecule has 3 aromatic carbocycles. The third-order valence-electron chi connectivity index (χ3n) is 4.47. The van der Waals surface area contributed by atoms with Gasteiger partial charge < -0.3 is 15.4 Å². The van der Waals surface area contributed by atoms with Crippen LogP contribution in [-0.4, -0.2) is 21.9 Å². The van der Waals surface area contributed by atoms with E-state index in [1.807, 2.05) is 44.2 Å². The average Bonchev–Trinajstić information content (AvgIpc) is 2.74. The number of fused-ring (bicyclic) bond motifs is 1. The average molecular weight is 433 g/mol. The number of carbonyl (C=O) groups is 1. The highest BCUT2D eigenvalue weighted by atomic mass is 35.5. The number of hydrogen-bond donors (Lipinski definition) is 2. The molecule has 0 aliphatic heterocycles. The summed E-state index contributed by atoms with van der Waals surface area (Å²) in [5, 5.41) is 8.38. The van der Waals surface area contributed by atoms with E-state index in [0.717, 1.165) is 10.8 Å². The van der Waals surface area contributed by atoms with E-state index in [1.165, 1.54) is 0 Å². The van der Waals surface area contributed by atoms with Crippen molar-refractivity contribution in [2.75, 3.05) is 10.6 Å². The molecule has 7 heteroatoms. The Morgan fingerprint density at radius 3 is 2.61 bits per heavy atom. The van der Waals surface area contributed by atoms with Crippen molar-refractivity contribution in [3.63, 3.8) is 0 Å². The minimum Gasteiger partial charge on any atom is -0.439 e. The Labute approximate surface area is 185 Å². The van der Waals surface area contributed by atoms with Gasteiger partial charge in [-0.3, -0.25) is 4.79 Å². The molecule has 4 aromatic rings. The lowest BCUT2D eigenvalue weighted by Crippen LogP contribution is -2.12. The molecule has 1 aromatic heterocycles. The standard InChI is InChI=1S/C24H21ClN4O2/c1-15(2)27-24-26-13-12-22(29-24)31-19-10-11-20-16(14-19)4-3-5-21(20)23(30)28-18-8-6-17(25)7-9-18/h3-15H,1-2H3,(H,28,30)(H,26,27,29). The molecule has 1 heterocycles. The Kier molecular flexibility index (Phi) is 6.00. The Bertz CT molecular complexity index is 1230. The molecule has 0 unspecified atom stereocenters. The predicted octanol–water partition coefficient (Wildman–Crippen LogP) is 6.15. The highest BCUT2D eigenvalue weighted by Crippen LogP contribution is 2.27. The van der Waals surface area contributed by atoms with Gasteiger partial charge in [-0.25, -0.2) is 4.98 Å². The van der Waals surface area contributed by atoms with Crippen molar-refractivity contribution in [2.24, 2.45) is 0 Å². The number of carbonyl (C=O) groups excluding carboxylic acids is 1. The quantitative estimate of drug-likeness (QED) is 0.382. The van der Waals surface area contributed by atoms with Gasteiger partial charge in [0.2, 0.25) is 11.8 Å². The molecular weight excluding hydrogens is 412 g/mol. The molecule has 156 valence electrons. The van der Waals surface area contributed by atoms with E-state index in [1.54, 1.807) is 42.6 Å². The fourth-order valence-electron chi connectivity index (χ4n) is 3.10. The van der Waals surface area contributed by atoms with Crippen LogP contribution in [0.2, 0.25) is 5.02 Å². The number of nitrogens with zero attached hydrogens (tertiary/aromatic N) is 2. The number of aromatic nitrogens is 2. The van der Waals surface area contributed by atoms with E-state index >= 15 is 0 Å². The summed E-state index contributed by atoms with van der Waals surface area (Å²) >= 11 is 5.91. The highest BCUT2D eigenvalue weighted by molar-refractivity contribution is 6.30. The molecule has 6 nitrogen and oxygen atoms in total. The molecule has 0 fully saturated rings. The number of hydrogen-bond acceptors (Lipinski definition) is 5. The van der Waals surface area contributed by atoms with Crippen LogP contribution in [0.15, 0.2) is 72.9 Å². The smallest absolute Gasteiger partial charge is 0.256 e. The zero-order chi connectivity index (χ0) is 21.8. The van der Waals surface area contributed by atoms with Gasteiger partial charge in [0.25, 0.3) is 5.91 Å². The van der Waals surface area contributed by atoms with E-state index in [9.17, 15) is 4.79 Å². The zero-order valence-corrected chi connectivity index (χ0v) is 17.9. The zero-order valence-electron chi connectivity index (χ0n) is 17.1. The van der Waals surface area contributed by atoms with Crippen molar-refractivity contribution < 1.29 is 9.53 Å². The monoisotopic (exact) mass is 432 g/mol. The Hall–Kier alpha value is -3.64. The maximum atomic E-state index is 12.8. The lowest BCUT2D eigenvalue weighted by Gasteiger charge is -2.11. The minimum absolute atomic E-state index is 0.193. The van der Waals surface area contributed by atoms with Crippen molar-refractivity contribution in [3.05, 3.63) is 83.5 Å². The SMILES string of the molecule is CC(C)Nc1nccc(Oc2ccc3c(C(=O)Nc4ccc(Cl)cc4)cccc3c2)n1. The van der Waals surface area contributed by atoms with Crippen LogP contribution >= 0.6 is 11.6 Å². The topological polar surface area (TPSA) is 76.1 Å². The third kappa shape index (κ3) is 5.10. The second-order valence-electron chi connectivity index (χ2n) is 7.27. The lowest BCUT2D eigenvalue weighted by molar-refractivity contribution is 0.102. The summed E-state index contributed by atoms with van der Waals surface area (Å²) in [4.78, 5) is 21.4. The van der Waals surface area contributed by atoms with Gasteiger partial charge in [-0.2, -0.15) is 4.98 Å². The predicted molar refractivity (Wildman–Crippen MR) is 124 cm³/mol. The molecule has 4 rings (SSSR count). The molecule has 31 heavy (non-hydrogen) atoms. The normalized spacial score (nSPS) is 10.8. The Morgan fingerprint density at radius 1 is 1.03 bits per heavy atom. The van der Waals surface area contributed by atoms with Gasteiger partial charge in [0.05, 0.1) is 0 Å². The van der Waals surface area contributed by atoms with Gasteiger partial charge in [0.15, 0.2) is 0 Å². The van der Waals surface area contributed by atoms with Crippen molar-refractivity contribution >= 4 is 39.9 Å². The van der Waals surface area contributed by atoms with Crippen molar-refractivity contribution in [2.45, 2.75) is 19.9 Å². The summed E-state index contributed by atoms with van der Waals surface area (Å²) in [6.07, 6.45) is 1.65. The number of anilines is 2. The molecule has 0 spiro atoms. The van der Waals surface area contributed by atoms with Gasteiger partial charge in [0, 0.05) is 34.6 Å². The second-order valence-corrected chi connectivity index (χ2v) is 7.71. The van der Waals surface area contributed by atoms with Crippen LogP contribution in [-0.2, 0) is 0 Å². The van der Waals surface area contributed by atoms with Crippen LogP contribution in [0.4, 0.5) is 11.6 Å². The van der Waals surface area contributed by atoms with Crippen LogP contribution < -0.4 is 15.4 Å². The summed E-state index contributed by atoms with van der Waals surface area (Å²) < 4.78 is 5.91. The molecule has 2 N–H and O–H groups in total. The second kappa shape index (κ2) is 9.02. The third-order valence-corrected chi connectivity index (χ3v) is 4.72. The van der Waals surface area contributed by atoms with E-state index < -0.39 is 0 Å². The first-order chi connectivity index (χ1) is 15.0. The Balaban J connectivity index is 1.56. The van der Waals surface area contributed by atoms with Crippen molar-refractivity contribution in [1.82, 2.24) is 9.97 Å². The van der Waals surface area contributed by atoms with Crippen molar-refractivity contribution in [3.8, 4) is 11.6 Å². The van der Waals surface area contributed by atoms with Crippen LogP contribution in [0.3, 0.4) is 0 Å². The van der Waals surface area contributed by atoms with E-state index in [0.29, 0.717) is 33.9 Å². The fourth-order valence-corrected chi connectivity index (χ4v) is 3.23. The maximum absolute atomic E-state index is 12.8. The summed E-state index contributed by atoms with van der Waals surface area (Å²) in [7, 11) is 0. The first-order valence-corrected chi connectivity index (χ1v) is 10.2. The summed E-state index contributed by atoms with van der Waals surface area (Å²) in [5.41, 5.74) is 1.25. The summed E-state index contributed by atoms with van der Waals surface area (Å²) in [5.74, 6) is 1.38.